The molecule has 5 nitrogen and oxygen atoms in total. The lowest BCUT2D eigenvalue weighted by Crippen LogP contribution is -1.98. The third kappa shape index (κ3) is 2.09. The summed E-state index contributed by atoms with van der Waals surface area (Å²) >= 11 is 0. The lowest BCUT2D eigenvalue weighted by Gasteiger charge is -2.04. The molecule has 0 radical (unpaired) electrons. The fourth-order valence-corrected chi connectivity index (χ4v) is 2.07. The number of H-pyrrole nitrogens is 1. The van der Waals surface area contributed by atoms with E-state index in [4.69, 9.17) is 9.84 Å². The second kappa shape index (κ2) is 4.70. The summed E-state index contributed by atoms with van der Waals surface area (Å²) in [6.07, 6.45) is 0. The molecule has 2 N–H and O–H groups in total. The lowest BCUT2D eigenvalue weighted by molar-refractivity contribution is 0.0696. The van der Waals surface area contributed by atoms with Crippen molar-refractivity contribution in [1.82, 2.24) is 9.97 Å². The van der Waals surface area contributed by atoms with Crippen LogP contribution in [0, 0.1) is 0 Å². The number of benzene rings is 2. The fourth-order valence-electron chi connectivity index (χ4n) is 2.07. The van der Waals surface area contributed by atoms with E-state index in [1.807, 2.05) is 24.3 Å². The van der Waals surface area contributed by atoms with E-state index in [1.165, 1.54) is 13.2 Å². The number of aromatic nitrogens is 2. The van der Waals surface area contributed by atoms with Crippen molar-refractivity contribution >= 4 is 17.0 Å². The van der Waals surface area contributed by atoms with Crippen LogP contribution in [-0.2, 0) is 0 Å². The van der Waals surface area contributed by atoms with Gasteiger partial charge in [0.25, 0.3) is 0 Å². The molecule has 1 heterocycles. The monoisotopic (exact) mass is 268 g/mol. The van der Waals surface area contributed by atoms with Crippen LogP contribution in [0.15, 0.2) is 42.5 Å². The van der Waals surface area contributed by atoms with Crippen LogP contribution in [0.2, 0.25) is 0 Å². The maximum Gasteiger partial charge on any atom is 0.335 e. The van der Waals surface area contributed by atoms with Gasteiger partial charge in [0.2, 0.25) is 0 Å². The van der Waals surface area contributed by atoms with Gasteiger partial charge < -0.3 is 14.8 Å². The van der Waals surface area contributed by atoms with Crippen LogP contribution in [0.1, 0.15) is 10.4 Å². The van der Waals surface area contributed by atoms with E-state index in [2.05, 4.69) is 9.97 Å². The summed E-state index contributed by atoms with van der Waals surface area (Å²) in [5.74, 6) is 0.106. The van der Waals surface area contributed by atoms with Gasteiger partial charge >= 0.3 is 5.97 Å². The minimum Gasteiger partial charge on any atom is -0.497 e. The maximum absolute atomic E-state index is 11.1. The highest BCUT2D eigenvalue weighted by Crippen LogP contribution is 2.26. The van der Waals surface area contributed by atoms with Crippen molar-refractivity contribution in [2.75, 3.05) is 7.11 Å². The normalized spacial score (nSPS) is 10.7. The molecule has 3 rings (SSSR count). The van der Waals surface area contributed by atoms with Gasteiger partial charge in [-0.2, -0.15) is 0 Å². The third-order valence-electron chi connectivity index (χ3n) is 3.05. The molecule has 0 unspecified atom stereocenters. The molecule has 0 aliphatic rings. The summed E-state index contributed by atoms with van der Waals surface area (Å²) < 4.78 is 5.14. The molecule has 20 heavy (non-hydrogen) atoms. The highest BCUT2D eigenvalue weighted by molar-refractivity contribution is 5.90. The Morgan fingerprint density at radius 2 is 2.05 bits per heavy atom. The SMILES string of the molecule is COc1cc(C(=O)O)cc(-c2nc3ccccc3[nH]2)c1. The highest BCUT2D eigenvalue weighted by atomic mass is 16.5. The summed E-state index contributed by atoms with van der Waals surface area (Å²) in [5.41, 5.74) is 2.59. The van der Waals surface area contributed by atoms with Crippen molar-refractivity contribution in [1.29, 1.82) is 0 Å². The van der Waals surface area contributed by atoms with Crippen molar-refractivity contribution < 1.29 is 14.6 Å². The van der Waals surface area contributed by atoms with Gasteiger partial charge in [0, 0.05) is 5.56 Å². The van der Waals surface area contributed by atoms with Crippen molar-refractivity contribution in [2.24, 2.45) is 0 Å². The van der Waals surface area contributed by atoms with Gasteiger partial charge in [0.05, 0.1) is 23.7 Å². The molecule has 0 bridgehead atoms. The number of carboxylic acid groups (broad SMARTS) is 1. The van der Waals surface area contributed by atoms with Gasteiger partial charge in [0.1, 0.15) is 11.6 Å². The molecule has 3 aromatic rings. The van der Waals surface area contributed by atoms with Crippen molar-refractivity contribution in [2.45, 2.75) is 0 Å². The third-order valence-corrected chi connectivity index (χ3v) is 3.05. The minimum absolute atomic E-state index is 0.166. The van der Waals surface area contributed by atoms with Crippen LogP contribution in [0.4, 0.5) is 0 Å². The number of ether oxygens (including phenoxy) is 1. The number of rotatable bonds is 3. The first kappa shape index (κ1) is 12.2. The van der Waals surface area contributed by atoms with Crippen LogP contribution in [0.25, 0.3) is 22.4 Å². The van der Waals surface area contributed by atoms with Crippen LogP contribution in [0.3, 0.4) is 0 Å². The Morgan fingerprint density at radius 3 is 2.75 bits per heavy atom. The molecule has 2 aromatic carbocycles. The number of methoxy groups -OCH3 is 1. The molecule has 0 atom stereocenters. The number of fused-ring (bicyclic) bond motifs is 1. The molecule has 5 heteroatoms. The number of aromatic carboxylic acids is 1. The van der Waals surface area contributed by atoms with E-state index in [-0.39, 0.29) is 5.56 Å². The second-order valence-corrected chi connectivity index (χ2v) is 4.36. The Hall–Kier alpha value is -2.82. The zero-order valence-corrected chi connectivity index (χ0v) is 10.8. The predicted molar refractivity (Wildman–Crippen MR) is 75.0 cm³/mol. The molecular weight excluding hydrogens is 256 g/mol. The number of hydrogen-bond donors (Lipinski definition) is 2. The van der Waals surface area contributed by atoms with E-state index in [0.29, 0.717) is 17.1 Å². The first-order valence-electron chi connectivity index (χ1n) is 6.05. The van der Waals surface area contributed by atoms with E-state index >= 15 is 0 Å². The smallest absolute Gasteiger partial charge is 0.335 e. The highest BCUT2D eigenvalue weighted by Gasteiger charge is 2.11. The molecule has 0 saturated carbocycles. The first-order chi connectivity index (χ1) is 9.67. The number of hydrogen-bond acceptors (Lipinski definition) is 3. The molecule has 0 aliphatic carbocycles. The van der Waals surface area contributed by atoms with Crippen molar-refractivity contribution in [3.63, 3.8) is 0 Å². The number of para-hydroxylation sites is 2. The van der Waals surface area contributed by atoms with Gasteiger partial charge in [-0.05, 0) is 30.3 Å². The van der Waals surface area contributed by atoms with Crippen molar-refractivity contribution in [3.05, 3.63) is 48.0 Å². The minimum atomic E-state index is -0.999. The van der Waals surface area contributed by atoms with Gasteiger partial charge in [-0.15, -0.1) is 0 Å². The quantitative estimate of drug-likeness (QED) is 0.765. The lowest BCUT2D eigenvalue weighted by atomic mass is 10.1. The van der Waals surface area contributed by atoms with Gasteiger partial charge in [-0.25, -0.2) is 9.78 Å². The molecular formula is C15H12N2O3. The molecule has 0 fully saturated rings. The number of imidazole rings is 1. The second-order valence-electron chi connectivity index (χ2n) is 4.36. The number of carboxylic acids is 1. The van der Waals surface area contributed by atoms with Crippen LogP contribution >= 0.6 is 0 Å². The first-order valence-corrected chi connectivity index (χ1v) is 6.05. The van der Waals surface area contributed by atoms with Gasteiger partial charge in [-0.3, -0.25) is 0 Å². The van der Waals surface area contributed by atoms with Crippen LogP contribution in [0.5, 0.6) is 5.75 Å². The number of nitrogens with zero attached hydrogens (tertiary/aromatic N) is 1. The predicted octanol–water partition coefficient (Wildman–Crippen LogP) is 2.94. The zero-order chi connectivity index (χ0) is 14.1. The van der Waals surface area contributed by atoms with E-state index in [0.717, 1.165) is 11.0 Å². The molecule has 100 valence electrons. The number of carbonyl (C=O) groups is 1. The van der Waals surface area contributed by atoms with Crippen LogP contribution < -0.4 is 4.74 Å². The zero-order valence-electron chi connectivity index (χ0n) is 10.8. The Morgan fingerprint density at radius 1 is 1.25 bits per heavy atom. The summed E-state index contributed by atoms with van der Waals surface area (Å²) in [6, 6.07) is 12.4. The summed E-state index contributed by atoms with van der Waals surface area (Å²) in [6.45, 7) is 0. The maximum atomic E-state index is 11.1. The molecule has 0 aliphatic heterocycles. The molecule has 0 spiro atoms. The summed E-state index contributed by atoms with van der Waals surface area (Å²) in [5, 5.41) is 9.13. The average molecular weight is 268 g/mol. The Balaban J connectivity index is 2.17. The molecule has 0 saturated heterocycles. The average Bonchev–Trinajstić information content (AvgIpc) is 2.90. The van der Waals surface area contributed by atoms with Crippen LogP contribution in [-0.4, -0.2) is 28.2 Å². The fraction of sp³-hybridized carbons (Fsp3) is 0.0667. The van der Waals surface area contributed by atoms with E-state index in [9.17, 15) is 4.79 Å². The molecule has 0 amide bonds. The standard InChI is InChI=1S/C15H12N2O3/c1-20-11-7-9(6-10(8-11)15(18)19)14-16-12-4-2-3-5-13(12)17-14/h2-8H,1H3,(H,16,17)(H,18,19). The van der Waals surface area contributed by atoms with E-state index < -0.39 is 5.97 Å². The largest absolute Gasteiger partial charge is 0.497 e. The van der Waals surface area contributed by atoms with Gasteiger partial charge in [-0.1, -0.05) is 12.1 Å². The van der Waals surface area contributed by atoms with Gasteiger partial charge in [0.15, 0.2) is 0 Å². The summed E-state index contributed by atoms with van der Waals surface area (Å²) in [7, 11) is 1.50. The van der Waals surface area contributed by atoms with Crippen molar-refractivity contribution in [3.8, 4) is 17.1 Å². The summed E-state index contributed by atoms with van der Waals surface area (Å²) in [4.78, 5) is 18.8. The Kier molecular flexibility index (Phi) is 2.87. The Bertz CT molecular complexity index is 760. The Labute approximate surface area is 114 Å². The number of nitrogens with one attached hydrogen (secondary N) is 1. The molecule has 1 aromatic heterocycles. The number of aromatic amines is 1. The van der Waals surface area contributed by atoms with E-state index in [1.54, 1.807) is 12.1 Å². The topological polar surface area (TPSA) is 75.2 Å².